The summed E-state index contributed by atoms with van der Waals surface area (Å²) in [7, 11) is 0. The second-order valence-electron chi connectivity index (χ2n) is 4.34. The van der Waals surface area contributed by atoms with E-state index in [4.69, 9.17) is 0 Å². The van der Waals surface area contributed by atoms with E-state index in [-0.39, 0.29) is 5.82 Å². The Morgan fingerprint density at radius 1 is 1.35 bits per heavy atom. The molecule has 17 heavy (non-hydrogen) atoms. The number of halogens is 1. The summed E-state index contributed by atoms with van der Waals surface area (Å²) in [5, 5.41) is 3.11. The predicted octanol–water partition coefficient (Wildman–Crippen LogP) is 3.66. The Hall–Kier alpha value is -1.84. The molecule has 0 aliphatic heterocycles. The SMILES string of the molecule is Cc1ccc(Nc2nccn2C(C)C)cc1F. The number of benzene rings is 1. The highest BCUT2D eigenvalue weighted by atomic mass is 19.1. The lowest BCUT2D eigenvalue weighted by molar-refractivity contribution is 0.607. The molecule has 0 amide bonds. The molecule has 0 radical (unpaired) electrons. The Bertz CT molecular complexity index is 517. The Labute approximate surface area is 100 Å². The van der Waals surface area contributed by atoms with Crippen LogP contribution in [0.4, 0.5) is 16.0 Å². The lowest BCUT2D eigenvalue weighted by Gasteiger charge is -2.13. The van der Waals surface area contributed by atoms with Gasteiger partial charge in [0.1, 0.15) is 5.82 Å². The number of imidazole rings is 1. The van der Waals surface area contributed by atoms with Gasteiger partial charge in [-0.3, -0.25) is 0 Å². The number of aromatic nitrogens is 2. The monoisotopic (exact) mass is 233 g/mol. The zero-order chi connectivity index (χ0) is 12.4. The standard InChI is InChI=1S/C13H16FN3/c1-9(2)17-7-6-15-13(17)16-11-5-4-10(3)12(14)8-11/h4-9H,1-3H3,(H,15,16). The molecule has 0 bridgehead atoms. The maximum Gasteiger partial charge on any atom is 0.207 e. The molecule has 0 atom stereocenters. The maximum absolute atomic E-state index is 13.4. The van der Waals surface area contributed by atoms with Crippen molar-refractivity contribution in [1.82, 2.24) is 9.55 Å². The fourth-order valence-electron chi connectivity index (χ4n) is 1.63. The van der Waals surface area contributed by atoms with E-state index in [1.165, 1.54) is 6.07 Å². The van der Waals surface area contributed by atoms with Crippen LogP contribution in [0.3, 0.4) is 0 Å². The number of nitrogens with one attached hydrogen (secondary N) is 1. The normalized spacial score (nSPS) is 10.9. The van der Waals surface area contributed by atoms with Crippen LogP contribution in [0.1, 0.15) is 25.5 Å². The minimum atomic E-state index is -0.211. The molecule has 1 aromatic heterocycles. The zero-order valence-corrected chi connectivity index (χ0v) is 10.2. The summed E-state index contributed by atoms with van der Waals surface area (Å²) in [6.07, 6.45) is 3.63. The molecular formula is C13H16FN3. The Morgan fingerprint density at radius 2 is 2.12 bits per heavy atom. The van der Waals surface area contributed by atoms with Gasteiger partial charge in [-0.1, -0.05) is 6.07 Å². The summed E-state index contributed by atoms with van der Waals surface area (Å²) in [4.78, 5) is 4.21. The topological polar surface area (TPSA) is 29.9 Å². The first-order valence-electron chi connectivity index (χ1n) is 5.64. The number of hydrogen-bond donors (Lipinski definition) is 1. The van der Waals surface area contributed by atoms with Crippen molar-refractivity contribution in [2.24, 2.45) is 0 Å². The van der Waals surface area contributed by atoms with Crippen LogP contribution >= 0.6 is 0 Å². The van der Waals surface area contributed by atoms with Crippen LogP contribution in [0.25, 0.3) is 0 Å². The summed E-state index contributed by atoms with van der Waals surface area (Å²) < 4.78 is 15.4. The summed E-state index contributed by atoms with van der Waals surface area (Å²) in [6, 6.07) is 5.39. The molecule has 2 aromatic rings. The van der Waals surface area contributed by atoms with Crippen molar-refractivity contribution in [3.63, 3.8) is 0 Å². The molecule has 0 spiro atoms. The summed E-state index contributed by atoms with van der Waals surface area (Å²) in [5.74, 6) is 0.515. The fourth-order valence-corrected chi connectivity index (χ4v) is 1.63. The third-order valence-electron chi connectivity index (χ3n) is 2.65. The van der Waals surface area contributed by atoms with E-state index in [9.17, 15) is 4.39 Å². The summed E-state index contributed by atoms with van der Waals surface area (Å²) in [6.45, 7) is 5.89. The number of rotatable bonds is 3. The van der Waals surface area contributed by atoms with Crippen LogP contribution in [-0.2, 0) is 0 Å². The molecule has 4 heteroatoms. The molecule has 0 aliphatic carbocycles. The Kier molecular flexibility index (Phi) is 3.13. The highest BCUT2D eigenvalue weighted by Gasteiger charge is 2.06. The van der Waals surface area contributed by atoms with Crippen LogP contribution < -0.4 is 5.32 Å². The molecule has 1 heterocycles. The Morgan fingerprint density at radius 3 is 2.76 bits per heavy atom. The van der Waals surface area contributed by atoms with Crippen molar-refractivity contribution in [2.75, 3.05) is 5.32 Å². The molecule has 0 unspecified atom stereocenters. The van der Waals surface area contributed by atoms with Gasteiger partial charge in [-0.25, -0.2) is 9.37 Å². The van der Waals surface area contributed by atoms with Gasteiger partial charge in [0.05, 0.1) is 0 Å². The second-order valence-corrected chi connectivity index (χ2v) is 4.34. The molecule has 1 aromatic carbocycles. The zero-order valence-electron chi connectivity index (χ0n) is 10.2. The summed E-state index contributed by atoms with van der Waals surface area (Å²) >= 11 is 0. The van der Waals surface area contributed by atoms with Crippen molar-refractivity contribution in [1.29, 1.82) is 0 Å². The molecule has 0 fully saturated rings. The van der Waals surface area contributed by atoms with E-state index in [0.717, 1.165) is 5.95 Å². The van der Waals surface area contributed by atoms with Crippen LogP contribution in [-0.4, -0.2) is 9.55 Å². The number of aryl methyl sites for hydroxylation is 1. The first-order chi connectivity index (χ1) is 8.08. The number of nitrogens with zero attached hydrogens (tertiary/aromatic N) is 2. The molecule has 0 saturated carbocycles. The van der Waals surface area contributed by atoms with Crippen LogP contribution in [0.15, 0.2) is 30.6 Å². The minimum absolute atomic E-state index is 0.211. The molecule has 0 aliphatic rings. The van der Waals surface area contributed by atoms with E-state index in [0.29, 0.717) is 17.3 Å². The fraction of sp³-hybridized carbons (Fsp3) is 0.308. The first-order valence-corrected chi connectivity index (χ1v) is 5.64. The van der Waals surface area contributed by atoms with E-state index in [1.807, 2.05) is 16.8 Å². The predicted molar refractivity (Wildman–Crippen MR) is 67.0 cm³/mol. The number of anilines is 2. The van der Waals surface area contributed by atoms with Crippen molar-refractivity contribution in [3.05, 3.63) is 42.0 Å². The maximum atomic E-state index is 13.4. The van der Waals surface area contributed by atoms with E-state index < -0.39 is 0 Å². The van der Waals surface area contributed by atoms with Gasteiger partial charge in [-0.15, -0.1) is 0 Å². The van der Waals surface area contributed by atoms with Crippen molar-refractivity contribution in [3.8, 4) is 0 Å². The van der Waals surface area contributed by atoms with Crippen LogP contribution in [0, 0.1) is 12.7 Å². The third-order valence-corrected chi connectivity index (χ3v) is 2.65. The largest absolute Gasteiger partial charge is 0.326 e. The molecule has 0 saturated heterocycles. The van der Waals surface area contributed by atoms with Gasteiger partial charge in [0.25, 0.3) is 0 Å². The van der Waals surface area contributed by atoms with Gasteiger partial charge in [0, 0.05) is 24.1 Å². The first kappa shape index (κ1) is 11.6. The molecule has 2 rings (SSSR count). The molecule has 1 N–H and O–H groups in total. The van der Waals surface area contributed by atoms with Gasteiger partial charge in [0.15, 0.2) is 0 Å². The Balaban J connectivity index is 2.25. The highest BCUT2D eigenvalue weighted by Crippen LogP contribution is 2.20. The van der Waals surface area contributed by atoms with Crippen LogP contribution in [0.2, 0.25) is 0 Å². The lowest BCUT2D eigenvalue weighted by atomic mass is 10.2. The smallest absolute Gasteiger partial charge is 0.207 e. The average molecular weight is 233 g/mol. The molecule has 3 nitrogen and oxygen atoms in total. The second kappa shape index (κ2) is 4.57. The quantitative estimate of drug-likeness (QED) is 0.876. The van der Waals surface area contributed by atoms with Gasteiger partial charge in [-0.05, 0) is 38.5 Å². The molecule has 90 valence electrons. The van der Waals surface area contributed by atoms with E-state index >= 15 is 0 Å². The van der Waals surface area contributed by atoms with Gasteiger partial charge in [0.2, 0.25) is 5.95 Å². The van der Waals surface area contributed by atoms with Crippen molar-refractivity contribution >= 4 is 11.6 Å². The number of hydrogen-bond acceptors (Lipinski definition) is 2. The van der Waals surface area contributed by atoms with E-state index in [1.54, 1.807) is 19.2 Å². The van der Waals surface area contributed by atoms with Gasteiger partial charge < -0.3 is 9.88 Å². The lowest BCUT2D eigenvalue weighted by Crippen LogP contribution is -2.05. The summed E-state index contributed by atoms with van der Waals surface area (Å²) in [5.41, 5.74) is 1.35. The minimum Gasteiger partial charge on any atom is -0.326 e. The van der Waals surface area contributed by atoms with Gasteiger partial charge in [-0.2, -0.15) is 0 Å². The van der Waals surface area contributed by atoms with Crippen molar-refractivity contribution < 1.29 is 4.39 Å². The average Bonchev–Trinajstić information content (AvgIpc) is 2.72. The highest BCUT2D eigenvalue weighted by molar-refractivity contribution is 5.54. The molecular weight excluding hydrogens is 217 g/mol. The van der Waals surface area contributed by atoms with E-state index in [2.05, 4.69) is 24.1 Å². The van der Waals surface area contributed by atoms with Crippen molar-refractivity contribution in [2.45, 2.75) is 26.8 Å². The third kappa shape index (κ3) is 2.46. The van der Waals surface area contributed by atoms with Gasteiger partial charge >= 0.3 is 0 Å². The van der Waals surface area contributed by atoms with Crippen LogP contribution in [0.5, 0.6) is 0 Å².